The standard InChI is InChI=1S/C14H12F6N2O3/c1-7-8(11(24)25)2-3-9(21-7)10(23)22-5-4-12(6-22,13(15,16)17)14(18,19)20/h2-3H,4-6H2,1H3,(H,24,25). The van der Waals surface area contributed by atoms with Crippen LogP contribution in [-0.2, 0) is 0 Å². The third-order valence-corrected chi connectivity index (χ3v) is 4.18. The lowest BCUT2D eigenvalue weighted by atomic mass is 9.85. The van der Waals surface area contributed by atoms with Crippen molar-refractivity contribution in [1.82, 2.24) is 9.88 Å². The highest BCUT2D eigenvalue weighted by atomic mass is 19.4. The maximum atomic E-state index is 13.0. The fourth-order valence-corrected chi connectivity index (χ4v) is 2.67. The molecule has 1 N–H and O–H groups in total. The van der Waals surface area contributed by atoms with Gasteiger partial charge in [-0.2, -0.15) is 26.3 Å². The highest BCUT2D eigenvalue weighted by molar-refractivity contribution is 5.94. The molecule has 0 saturated carbocycles. The van der Waals surface area contributed by atoms with E-state index in [-0.39, 0.29) is 11.3 Å². The smallest absolute Gasteiger partial charge is 0.404 e. The number of likely N-dealkylation sites (tertiary alicyclic amines) is 1. The molecule has 0 aromatic carbocycles. The second-order valence-corrected chi connectivity index (χ2v) is 5.69. The molecule has 25 heavy (non-hydrogen) atoms. The van der Waals surface area contributed by atoms with Crippen molar-refractivity contribution >= 4 is 11.9 Å². The predicted octanol–water partition coefficient (Wildman–Crippen LogP) is 3.05. The number of carbonyl (C=O) groups is 2. The predicted molar refractivity (Wildman–Crippen MR) is 71.0 cm³/mol. The number of aryl methyl sites for hydroxylation is 1. The molecule has 138 valence electrons. The fraction of sp³-hybridized carbons (Fsp3) is 0.500. The Morgan fingerprint density at radius 3 is 2.12 bits per heavy atom. The van der Waals surface area contributed by atoms with E-state index in [1.165, 1.54) is 6.92 Å². The molecule has 1 aliphatic rings. The van der Waals surface area contributed by atoms with Crippen molar-refractivity contribution in [2.75, 3.05) is 13.1 Å². The number of hydrogen-bond acceptors (Lipinski definition) is 3. The maximum absolute atomic E-state index is 13.0. The minimum atomic E-state index is -5.56. The summed E-state index contributed by atoms with van der Waals surface area (Å²) in [4.78, 5) is 27.2. The molecule has 0 bridgehead atoms. The molecule has 2 heterocycles. The number of carboxylic acid groups (broad SMARTS) is 1. The third-order valence-electron chi connectivity index (χ3n) is 4.18. The number of amides is 1. The first-order valence-corrected chi connectivity index (χ1v) is 6.94. The van der Waals surface area contributed by atoms with Crippen molar-refractivity contribution in [3.63, 3.8) is 0 Å². The molecule has 1 aromatic heterocycles. The van der Waals surface area contributed by atoms with Crippen LogP contribution in [0.5, 0.6) is 0 Å². The Labute approximate surface area is 137 Å². The lowest BCUT2D eigenvalue weighted by molar-refractivity contribution is -0.334. The number of alkyl halides is 6. The zero-order valence-electron chi connectivity index (χ0n) is 12.7. The summed E-state index contributed by atoms with van der Waals surface area (Å²) in [5, 5.41) is 8.87. The van der Waals surface area contributed by atoms with Gasteiger partial charge in [0.1, 0.15) is 5.69 Å². The minimum absolute atomic E-state index is 0.0737. The zero-order valence-corrected chi connectivity index (χ0v) is 12.7. The van der Waals surface area contributed by atoms with E-state index in [0.29, 0.717) is 4.90 Å². The first kappa shape index (κ1) is 19.0. The molecule has 0 radical (unpaired) electrons. The lowest BCUT2D eigenvalue weighted by Crippen LogP contribution is -2.52. The van der Waals surface area contributed by atoms with Crippen LogP contribution in [-0.4, -0.2) is 52.3 Å². The van der Waals surface area contributed by atoms with Crippen molar-refractivity contribution in [1.29, 1.82) is 0 Å². The normalized spacial score (nSPS) is 17.6. The Morgan fingerprint density at radius 1 is 1.16 bits per heavy atom. The first-order chi connectivity index (χ1) is 11.3. The van der Waals surface area contributed by atoms with E-state index >= 15 is 0 Å². The average molecular weight is 370 g/mol. The molecule has 1 saturated heterocycles. The summed E-state index contributed by atoms with van der Waals surface area (Å²) < 4.78 is 78.1. The molecular formula is C14H12F6N2O3. The van der Waals surface area contributed by atoms with Crippen LogP contribution >= 0.6 is 0 Å². The third kappa shape index (κ3) is 3.14. The summed E-state index contributed by atoms with van der Waals surface area (Å²) >= 11 is 0. The van der Waals surface area contributed by atoms with Gasteiger partial charge in [0, 0.05) is 13.1 Å². The number of aromatic carboxylic acids is 1. The summed E-state index contributed by atoms with van der Waals surface area (Å²) in [7, 11) is 0. The Balaban J connectivity index is 2.31. The van der Waals surface area contributed by atoms with Gasteiger partial charge >= 0.3 is 18.3 Å². The molecule has 1 amide bonds. The van der Waals surface area contributed by atoms with Gasteiger partial charge in [-0.3, -0.25) is 4.79 Å². The molecule has 0 aliphatic carbocycles. The quantitative estimate of drug-likeness (QED) is 0.813. The highest BCUT2D eigenvalue weighted by Crippen LogP contribution is 2.55. The van der Waals surface area contributed by atoms with Gasteiger partial charge in [0.2, 0.25) is 0 Å². The fourth-order valence-electron chi connectivity index (χ4n) is 2.67. The molecule has 1 aliphatic heterocycles. The number of pyridine rings is 1. The summed E-state index contributed by atoms with van der Waals surface area (Å²) in [6.07, 6.45) is -12.4. The Bertz CT molecular complexity index is 699. The largest absolute Gasteiger partial charge is 0.478 e. The van der Waals surface area contributed by atoms with Crippen LogP contribution in [0, 0.1) is 12.3 Å². The van der Waals surface area contributed by atoms with Crippen LogP contribution < -0.4 is 0 Å². The van der Waals surface area contributed by atoms with Crippen molar-refractivity contribution in [2.24, 2.45) is 5.41 Å². The van der Waals surface area contributed by atoms with E-state index in [2.05, 4.69) is 4.98 Å². The van der Waals surface area contributed by atoms with Crippen molar-refractivity contribution in [3.05, 3.63) is 29.1 Å². The zero-order chi connectivity index (χ0) is 19.2. The van der Waals surface area contributed by atoms with Crippen molar-refractivity contribution < 1.29 is 41.0 Å². The van der Waals surface area contributed by atoms with E-state index < -0.39 is 54.8 Å². The number of rotatable bonds is 2. The van der Waals surface area contributed by atoms with Gasteiger partial charge in [-0.25, -0.2) is 9.78 Å². The molecule has 5 nitrogen and oxygen atoms in total. The van der Waals surface area contributed by atoms with Gasteiger partial charge in [-0.1, -0.05) is 0 Å². The summed E-state index contributed by atoms with van der Waals surface area (Å²) in [5.74, 6) is -2.44. The van der Waals surface area contributed by atoms with Gasteiger partial charge in [0.05, 0.1) is 11.3 Å². The van der Waals surface area contributed by atoms with E-state index in [1.54, 1.807) is 0 Å². The van der Waals surface area contributed by atoms with E-state index in [9.17, 15) is 35.9 Å². The molecule has 2 rings (SSSR count). The van der Waals surface area contributed by atoms with Gasteiger partial charge < -0.3 is 10.0 Å². The average Bonchev–Trinajstić information content (AvgIpc) is 2.91. The highest BCUT2D eigenvalue weighted by Gasteiger charge is 2.72. The molecule has 1 aromatic rings. The van der Waals surface area contributed by atoms with Gasteiger partial charge in [-0.15, -0.1) is 0 Å². The Hall–Kier alpha value is -2.33. The summed E-state index contributed by atoms with van der Waals surface area (Å²) in [6.45, 7) is -1.03. The van der Waals surface area contributed by atoms with E-state index in [0.717, 1.165) is 12.1 Å². The second-order valence-electron chi connectivity index (χ2n) is 5.69. The van der Waals surface area contributed by atoms with Crippen LogP contribution in [0.4, 0.5) is 26.3 Å². The lowest BCUT2D eigenvalue weighted by Gasteiger charge is -2.33. The van der Waals surface area contributed by atoms with Crippen molar-refractivity contribution in [3.8, 4) is 0 Å². The van der Waals surface area contributed by atoms with Crippen LogP contribution in [0.15, 0.2) is 12.1 Å². The van der Waals surface area contributed by atoms with Crippen LogP contribution in [0.2, 0.25) is 0 Å². The summed E-state index contributed by atoms with van der Waals surface area (Å²) in [5.41, 5.74) is -4.69. The molecular weight excluding hydrogens is 358 g/mol. The van der Waals surface area contributed by atoms with Gasteiger partial charge in [0.15, 0.2) is 5.41 Å². The molecule has 1 fully saturated rings. The summed E-state index contributed by atoms with van der Waals surface area (Å²) in [6, 6.07) is 1.98. The number of hydrogen-bond donors (Lipinski definition) is 1. The first-order valence-electron chi connectivity index (χ1n) is 6.94. The SMILES string of the molecule is Cc1nc(C(=O)N2CCC(C(F)(F)F)(C(F)(F)F)C2)ccc1C(=O)O. The van der Waals surface area contributed by atoms with E-state index in [4.69, 9.17) is 5.11 Å². The van der Waals surface area contributed by atoms with Crippen LogP contribution in [0.3, 0.4) is 0 Å². The maximum Gasteiger partial charge on any atom is 0.404 e. The molecule has 0 unspecified atom stereocenters. The van der Waals surface area contributed by atoms with Crippen LogP contribution in [0.1, 0.15) is 33.0 Å². The monoisotopic (exact) mass is 370 g/mol. The van der Waals surface area contributed by atoms with Gasteiger partial charge in [0.25, 0.3) is 5.91 Å². The number of aromatic nitrogens is 1. The molecule has 0 spiro atoms. The molecule has 0 atom stereocenters. The number of nitrogens with zero attached hydrogens (tertiary/aromatic N) is 2. The number of carbonyl (C=O) groups excluding carboxylic acids is 1. The van der Waals surface area contributed by atoms with Crippen molar-refractivity contribution in [2.45, 2.75) is 25.7 Å². The number of carboxylic acids is 1. The second kappa shape index (κ2) is 5.88. The van der Waals surface area contributed by atoms with E-state index in [1.807, 2.05) is 0 Å². The number of halogens is 6. The Kier molecular flexibility index (Phi) is 4.47. The van der Waals surface area contributed by atoms with Crippen LogP contribution in [0.25, 0.3) is 0 Å². The Morgan fingerprint density at radius 2 is 1.72 bits per heavy atom. The van der Waals surface area contributed by atoms with Gasteiger partial charge in [-0.05, 0) is 25.5 Å². The molecule has 11 heteroatoms. The topological polar surface area (TPSA) is 70.5 Å². The minimum Gasteiger partial charge on any atom is -0.478 e.